The van der Waals surface area contributed by atoms with Crippen LogP contribution >= 0.6 is 58.0 Å². The molecule has 2 aromatic carbocycles. The van der Waals surface area contributed by atoms with Crippen LogP contribution in [0.3, 0.4) is 0 Å². The van der Waals surface area contributed by atoms with E-state index in [4.69, 9.17) is 67.9 Å². The van der Waals surface area contributed by atoms with Crippen LogP contribution in [0.15, 0.2) is 42.5 Å². The monoisotopic (exact) mass is 522 g/mol. The van der Waals surface area contributed by atoms with E-state index in [0.717, 1.165) is 6.07 Å². The highest BCUT2D eigenvalue weighted by atomic mass is 35.6. The Hall–Kier alpha value is -0.350. The lowest BCUT2D eigenvalue weighted by Gasteiger charge is -2.36. The number of rotatable bonds is 7. The summed E-state index contributed by atoms with van der Waals surface area (Å²) in [4.78, 5) is 0. The van der Waals surface area contributed by atoms with Crippen molar-refractivity contribution in [3.63, 3.8) is 0 Å². The van der Waals surface area contributed by atoms with Gasteiger partial charge >= 0.3 is 10.3 Å². The lowest BCUT2D eigenvalue weighted by atomic mass is 9.82. The standard InChI is InChI=1S/C17H16Cl5FN2O3S/c1-16(10-2-4-11(18)5-3-10,25-29(26,27)28-9-17(20,21)22)15(24)13-7-6-12(19)8-14(13)23/h2-8,15,25H,9,24H2,1H3. The Labute approximate surface area is 193 Å². The van der Waals surface area contributed by atoms with Crippen molar-refractivity contribution in [1.82, 2.24) is 4.72 Å². The Balaban J connectivity index is 2.50. The zero-order valence-corrected chi connectivity index (χ0v) is 19.4. The molecule has 0 bridgehead atoms. The Morgan fingerprint density at radius 2 is 1.66 bits per heavy atom. The van der Waals surface area contributed by atoms with Crippen molar-refractivity contribution >= 4 is 68.3 Å². The first-order valence-electron chi connectivity index (χ1n) is 7.95. The van der Waals surface area contributed by atoms with E-state index < -0.39 is 38.1 Å². The summed E-state index contributed by atoms with van der Waals surface area (Å²) in [6.45, 7) is 0.722. The smallest absolute Gasteiger partial charge is 0.322 e. The van der Waals surface area contributed by atoms with Gasteiger partial charge in [-0.1, -0.05) is 76.2 Å². The molecule has 2 unspecified atom stereocenters. The summed E-state index contributed by atoms with van der Waals surface area (Å²) >= 11 is 28.4. The number of nitrogens with one attached hydrogen (secondary N) is 1. The van der Waals surface area contributed by atoms with Crippen molar-refractivity contribution in [3.8, 4) is 0 Å². The zero-order chi connectivity index (χ0) is 22.0. The maximum atomic E-state index is 14.5. The molecule has 160 valence electrons. The van der Waals surface area contributed by atoms with Gasteiger partial charge in [0.15, 0.2) is 0 Å². The Kier molecular flexibility index (Phi) is 8.10. The molecular formula is C17H16Cl5FN2O3S. The van der Waals surface area contributed by atoms with Crippen LogP contribution in [0.2, 0.25) is 10.0 Å². The first kappa shape index (κ1) is 24.9. The summed E-state index contributed by atoms with van der Waals surface area (Å²) < 4.78 is 44.6. The van der Waals surface area contributed by atoms with E-state index in [9.17, 15) is 12.8 Å². The zero-order valence-electron chi connectivity index (χ0n) is 14.8. The van der Waals surface area contributed by atoms with Crippen molar-refractivity contribution in [2.75, 3.05) is 6.61 Å². The van der Waals surface area contributed by atoms with E-state index in [0.29, 0.717) is 10.6 Å². The van der Waals surface area contributed by atoms with Crippen LogP contribution in [0.1, 0.15) is 24.1 Å². The van der Waals surface area contributed by atoms with Crippen LogP contribution in [-0.2, 0) is 20.0 Å². The maximum absolute atomic E-state index is 14.5. The van der Waals surface area contributed by atoms with Crippen LogP contribution in [0.4, 0.5) is 4.39 Å². The van der Waals surface area contributed by atoms with Crippen molar-refractivity contribution < 1.29 is 17.0 Å². The van der Waals surface area contributed by atoms with Crippen molar-refractivity contribution in [3.05, 3.63) is 69.5 Å². The third-order valence-electron chi connectivity index (χ3n) is 4.08. The Morgan fingerprint density at radius 1 is 1.10 bits per heavy atom. The highest BCUT2D eigenvalue weighted by Gasteiger charge is 2.40. The summed E-state index contributed by atoms with van der Waals surface area (Å²) in [6, 6.07) is 8.87. The normalized spacial score (nSPS) is 15.7. The molecule has 0 aromatic heterocycles. The van der Waals surface area contributed by atoms with E-state index >= 15 is 0 Å². The molecule has 0 aliphatic carbocycles. The van der Waals surface area contributed by atoms with Crippen molar-refractivity contribution in [2.45, 2.75) is 22.3 Å². The van der Waals surface area contributed by atoms with Gasteiger partial charge in [0, 0.05) is 15.6 Å². The minimum Gasteiger partial charge on any atom is -0.322 e. The van der Waals surface area contributed by atoms with E-state index in [2.05, 4.69) is 4.72 Å². The molecule has 0 aliphatic heterocycles. The average Bonchev–Trinajstić information content (AvgIpc) is 2.59. The van der Waals surface area contributed by atoms with Gasteiger partial charge in [-0.15, -0.1) is 0 Å². The molecule has 0 saturated heterocycles. The van der Waals surface area contributed by atoms with Gasteiger partial charge in [-0.3, -0.25) is 4.18 Å². The second kappa shape index (κ2) is 9.42. The maximum Gasteiger partial charge on any atom is 0.336 e. The number of benzene rings is 2. The molecule has 0 radical (unpaired) electrons. The number of hydrogen-bond acceptors (Lipinski definition) is 4. The van der Waals surface area contributed by atoms with Gasteiger partial charge in [0.2, 0.25) is 3.79 Å². The van der Waals surface area contributed by atoms with Gasteiger partial charge in [-0.2, -0.15) is 13.1 Å². The van der Waals surface area contributed by atoms with E-state index in [-0.39, 0.29) is 10.6 Å². The van der Waals surface area contributed by atoms with Crippen LogP contribution in [0.25, 0.3) is 0 Å². The third kappa shape index (κ3) is 6.82. The molecule has 5 nitrogen and oxygen atoms in total. The fraction of sp³-hybridized carbons (Fsp3) is 0.294. The van der Waals surface area contributed by atoms with E-state index in [1.807, 2.05) is 0 Å². The lowest BCUT2D eigenvalue weighted by molar-refractivity contribution is 0.281. The Morgan fingerprint density at radius 3 is 2.17 bits per heavy atom. The molecule has 2 atom stereocenters. The number of hydrogen-bond donors (Lipinski definition) is 2. The molecular weight excluding hydrogens is 509 g/mol. The topological polar surface area (TPSA) is 81.4 Å². The summed E-state index contributed by atoms with van der Waals surface area (Å²) in [5.41, 5.74) is 5.16. The second-order valence-corrected chi connectivity index (χ2v) is 11.0. The number of nitrogens with two attached hydrogens (primary N) is 1. The quantitative estimate of drug-likeness (QED) is 0.484. The highest BCUT2D eigenvalue weighted by molar-refractivity contribution is 7.84. The van der Waals surface area contributed by atoms with E-state index in [1.165, 1.54) is 31.2 Å². The molecule has 0 heterocycles. The van der Waals surface area contributed by atoms with E-state index in [1.54, 1.807) is 12.1 Å². The summed E-state index contributed by atoms with van der Waals surface area (Å²) in [5.74, 6) is -0.702. The molecule has 2 aromatic rings. The SMILES string of the molecule is CC(NS(=O)(=O)OCC(Cl)(Cl)Cl)(c1ccc(Cl)cc1)C(N)c1ccc(Cl)cc1F. The third-order valence-corrected chi connectivity index (χ3v) is 5.99. The van der Waals surface area contributed by atoms with Gasteiger partial charge in [0.25, 0.3) is 0 Å². The van der Waals surface area contributed by atoms with Crippen LogP contribution in [0.5, 0.6) is 0 Å². The largest absolute Gasteiger partial charge is 0.336 e. The van der Waals surface area contributed by atoms with Crippen LogP contribution < -0.4 is 10.5 Å². The molecule has 0 aliphatic rings. The predicted octanol–water partition coefficient (Wildman–Crippen LogP) is 5.27. The Bertz CT molecular complexity index is 970. The summed E-state index contributed by atoms with van der Waals surface area (Å²) in [6.07, 6.45) is 0. The van der Waals surface area contributed by atoms with Gasteiger partial charge in [0.1, 0.15) is 12.4 Å². The number of alkyl halides is 3. The fourth-order valence-electron chi connectivity index (χ4n) is 2.60. The molecule has 0 fully saturated rings. The molecule has 12 heteroatoms. The van der Waals surface area contributed by atoms with Gasteiger partial charge in [-0.05, 0) is 36.8 Å². The lowest BCUT2D eigenvalue weighted by Crippen LogP contribution is -2.51. The van der Waals surface area contributed by atoms with Gasteiger partial charge < -0.3 is 5.73 Å². The van der Waals surface area contributed by atoms with Crippen molar-refractivity contribution in [1.29, 1.82) is 0 Å². The molecule has 0 spiro atoms. The molecule has 3 N–H and O–H groups in total. The molecule has 2 rings (SSSR count). The summed E-state index contributed by atoms with van der Waals surface area (Å²) in [7, 11) is -4.47. The van der Waals surface area contributed by atoms with Crippen LogP contribution in [-0.4, -0.2) is 18.8 Å². The van der Waals surface area contributed by atoms with Gasteiger partial charge in [-0.25, -0.2) is 4.39 Å². The van der Waals surface area contributed by atoms with Gasteiger partial charge in [0.05, 0.1) is 11.6 Å². The number of halogens is 6. The van der Waals surface area contributed by atoms with Crippen LogP contribution in [0, 0.1) is 5.82 Å². The minimum absolute atomic E-state index is 0.0240. The second-order valence-electron chi connectivity index (χ2n) is 6.29. The highest BCUT2D eigenvalue weighted by Crippen LogP contribution is 2.37. The fourth-order valence-corrected chi connectivity index (χ4v) is 4.39. The molecule has 0 saturated carbocycles. The summed E-state index contributed by atoms with van der Waals surface area (Å²) in [5, 5.41) is 0.580. The predicted molar refractivity (Wildman–Crippen MR) is 115 cm³/mol. The molecule has 29 heavy (non-hydrogen) atoms. The molecule has 0 amide bonds. The minimum atomic E-state index is -4.47. The average molecular weight is 525 g/mol. The van der Waals surface area contributed by atoms with Crippen molar-refractivity contribution in [2.24, 2.45) is 5.73 Å². The first-order chi connectivity index (χ1) is 13.2. The first-order valence-corrected chi connectivity index (χ1v) is 11.2.